The third kappa shape index (κ3) is 3.86. The zero-order valence-corrected chi connectivity index (χ0v) is 17.9. The second kappa shape index (κ2) is 8.39. The van der Waals surface area contributed by atoms with E-state index in [9.17, 15) is 14.7 Å². The van der Waals surface area contributed by atoms with Gasteiger partial charge in [-0.3, -0.25) is 14.7 Å². The molecule has 9 heteroatoms. The largest absolute Gasteiger partial charge is 0.507 e. The van der Waals surface area contributed by atoms with Crippen LogP contribution >= 0.6 is 11.6 Å². The Morgan fingerprint density at radius 3 is 2.71 bits per heavy atom. The van der Waals surface area contributed by atoms with Crippen molar-refractivity contribution in [2.24, 2.45) is 0 Å². The van der Waals surface area contributed by atoms with Gasteiger partial charge in [-0.05, 0) is 38.0 Å². The van der Waals surface area contributed by atoms with Crippen molar-refractivity contribution < 1.29 is 14.7 Å². The van der Waals surface area contributed by atoms with E-state index in [4.69, 9.17) is 11.6 Å². The molecule has 3 aromatic rings. The summed E-state index contributed by atoms with van der Waals surface area (Å²) in [7, 11) is 0. The predicted octanol–water partition coefficient (Wildman–Crippen LogP) is 3.39. The summed E-state index contributed by atoms with van der Waals surface area (Å²) in [4.78, 5) is 31.5. The Labute approximate surface area is 184 Å². The molecule has 160 valence electrons. The normalized spacial score (nSPS) is 18.2. The molecule has 0 bridgehead atoms. The van der Waals surface area contributed by atoms with Crippen LogP contribution in [0.3, 0.4) is 0 Å². The number of aliphatic hydroxyl groups excluding tert-OH is 1. The summed E-state index contributed by atoms with van der Waals surface area (Å²) in [5, 5.41) is 18.5. The van der Waals surface area contributed by atoms with Crippen molar-refractivity contribution in [3.8, 4) is 0 Å². The summed E-state index contributed by atoms with van der Waals surface area (Å²) in [5.41, 5.74) is 2.30. The number of imidazole rings is 1. The number of H-pyrrole nitrogens is 1. The molecule has 1 aliphatic rings. The van der Waals surface area contributed by atoms with Crippen molar-refractivity contribution in [2.75, 3.05) is 6.54 Å². The van der Waals surface area contributed by atoms with Gasteiger partial charge in [-0.1, -0.05) is 23.7 Å². The third-order valence-corrected chi connectivity index (χ3v) is 5.68. The molecule has 1 amide bonds. The molecule has 1 aliphatic heterocycles. The minimum absolute atomic E-state index is 0.0440. The molecule has 2 N–H and O–H groups in total. The highest BCUT2D eigenvalue weighted by atomic mass is 35.5. The first-order valence-corrected chi connectivity index (χ1v) is 10.3. The standard InChI is InChI=1S/C22H22ClN5O3/c1-13-17(14(2)26-25-13)20(29)18-19(15-5-3-6-16(23)11-15)28(22(31)21(18)30)9-4-8-27-10-7-24-12-27/h3,5-7,10-12,19,29H,4,8-9H2,1-2H3,(H,25,26)/t19-/m0/s1. The summed E-state index contributed by atoms with van der Waals surface area (Å²) < 4.78 is 1.91. The van der Waals surface area contributed by atoms with Crippen LogP contribution in [-0.2, 0) is 16.1 Å². The second-order valence-electron chi connectivity index (χ2n) is 7.51. The lowest BCUT2D eigenvalue weighted by Gasteiger charge is -2.25. The van der Waals surface area contributed by atoms with E-state index in [0.717, 1.165) is 0 Å². The van der Waals surface area contributed by atoms with Crippen molar-refractivity contribution in [3.63, 3.8) is 0 Å². The maximum Gasteiger partial charge on any atom is 0.295 e. The van der Waals surface area contributed by atoms with Gasteiger partial charge in [0, 0.05) is 36.2 Å². The highest BCUT2D eigenvalue weighted by Gasteiger charge is 2.46. The van der Waals surface area contributed by atoms with Gasteiger partial charge in [0.1, 0.15) is 5.76 Å². The molecule has 0 saturated carbocycles. The van der Waals surface area contributed by atoms with Crippen LogP contribution in [0.5, 0.6) is 0 Å². The third-order valence-electron chi connectivity index (χ3n) is 5.44. The number of hydrogen-bond acceptors (Lipinski definition) is 5. The number of nitrogens with one attached hydrogen (secondary N) is 1. The van der Waals surface area contributed by atoms with Crippen molar-refractivity contribution in [1.29, 1.82) is 0 Å². The number of aryl methyl sites for hydroxylation is 3. The van der Waals surface area contributed by atoms with Gasteiger partial charge in [0.2, 0.25) is 0 Å². The molecule has 1 atom stereocenters. The van der Waals surface area contributed by atoms with Crippen LogP contribution in [0.4, 0.5) is 0 Å². The van der Waals surface area contributed by atoms with Gasteiger partial charge < -0.3 is 14.6 Å². The molecular weight excluding hydrogens is 418 g/mol. The van der Waals surface area contributed by atoms with Gasteiger partial charge >= 0.3 is 0 Å². The van der Waals surface area contributed by atoms with Gasteiger partial charge in [0.15, 0.2) is 0 Å². The summed E-state index contributed by atoms with van der Waals surface area (Å²) in [6, 6.07) is 6.25. The maximum atomic E-state index is 13.0. The molecule has 1 saturated heterocycles. The summed E-state index contributed by atoms with van der Waals surface area (Å²) in [6.45, 7) is 4.46. The summed E-state index contributed by atoms with van der Waals surface area (Å²) >= 11 is 6.20. The van der Waals surface area contributed by atoms with E-state index in [1.54, 1.807) is 50.6 Å². The van der Waals surface area contributed by atoms with Crippen LogP contribution in [0.25, 0.3) is 5.76 Å². The summed E-state index contributed by atoms with van der Waals surface area (Å²) in [5.74, 6) is -1.59. The van der Waals surface area contributed by atoms with E-state index in [-0.39, 0.29) is 11.3 Å². The number of Topliss-reactive ketones (excluding diaryl/α,β-unsaturated/α-hetero) is 1. The number of aliphatic hydroxyl groups is 1. The Morgan fingerprint density at radius 2 is 2.06 bits per heavy atom. The van der Waals surface area contributed by atoms with Crippen LogP contribution in [0.1, 0.15) is 35.0 Å². The highest BCUT2D eigenvalue weighted by Crippen LogP contribution is 2.40. The monoisotopic (exact) mass is 439 g/mol. The van der Waals surface area contributed by atoms with E-state index in [1.165, 1.54) is 4.90 Å². The minimum Gasteiger partial charge on any atom is -0.507 e. The molecule has 0 spiro atoms. The Kier molecular flexibility index (Phi) is 5.65. The first-order valence-electron chi connectivity index (χ1n) is 9.90. The number of carbonyl (C=O) groups is 2. The Morgan fingerprint density at radius 1 is 1.26 bits per heavy atom. The van der Waals surface area contributed by atoms with Gasteiger partial charge in [-0.15, -0.1) is 0 Å². The molecule has 0 unspecified atom stereocenters. The highest BCUT2D eigenvalue weighted by molar-refractivity contribution is 6.46. The van der Waals surface area contributed by atoms with Crippen molar-refractivity contribution >= 4 is 29.1 Å². The fraction of sp³-hybridized carbons (Fsp3) is 0.273. The lowest BCUT2D eigenvalue weighted by molar-refractivity contribution is -0.139. The van der Waals surface area contributed by atoms with Crippen LogP contribution in [0, 0.1) is 13.8 Å². The van der Waals surface area contributed by atoms with Gasteiger partial charge in [-0.25, -0.2) is 4.98 Å². The topological polar surface area (TPSA) is 104 Å². The van der Waals surface area contributed by atoms with Crippen LogP contribution in [0.2, 0.25) is 5.02 Å². The van der Waals surface area contributed by atoms with Crippen molar-refractivity contribution in [2.45, 2.75) is 32.9 Å². The molecule has 1 fully saturated rings. The number of amides is 1. The van der Waals surface area contributed by atoms with Crippen LogP contribution < -0.4 is 0 Å². The van der Waals surface area contributed by atoms with E-state index < -0.39 is 17.7 Å². The van der Waals surface area contributed by atoms with Crippen LogP contribution in [-0.4, -0.2) is 48.0 Å². The molecule has 31 heavy (non-hydrogen) atoms. The number of nitrogens with zero attached hydrogens (tertiary/aromatic N) is 4. The summed E-state index contributed by atoms with van der Waals surface area (Å²) in [6.07, 6.45) is 5.85. The smallest absolute Gasteiger partial charge is 0.295 e. The number of likely N-dealkylation sites (tertiary alicyclic amines) is 1. The number of aromatic amines is 1. The molecule has 8 nitrogen and oxygen atoms in total. The number of rotatable bonds is 6. The molecule has 3 heterocycles. The molecule has 0 aliphatic carbocycles. The number of carbonyl (C=O) groups excluding carboxylic acids is 2. The fourth-order valence-electron chi connectivity index (χ4n) is 4.01. The number of aromatic nitrogens is 4. The zero-order valence-electron chi connectivity index (χ0n) is 17.2. The maximum absolute atomic E-state index is 13.0. The van der Waals surface area contributed by atoms with E-state index in [2.05, 4.69) is 15.2 Å². The first-order chi connectivity index (χ1) is 14.9. The molecule has 0 radical (unpaired) electrons. The number of benzene rings is 1. The fourth-order valence-corrected chi connectivity index (χ4v) is 4.21. The Hall–Kier alpha value is -3.39. The Bertz CT molecular complexity index is 1150. The van der Waals surface area contributed by atoms with E-state index in [1.807, 2.05) is 10.8 Å². The lowest BCUT2D eigenvalue weighted by atomic mass is 9.94. The number of halogens is 1. The molecule has 1 aromatic carbocycles. The van der Waals surface area contributed by atoms with Crippen molar-refractivity contribution in [1.82, 2.24) is 24.6 Å². The van der Waals surface area contributed by atoms with Gasteiger partial charge in [0.05, 0.1) is 29.2 Å². The molecule has 4 rings (SSSR count). The SMILES string of the molecule is Cc1n[nH]c(C)c1C(O)=C1C(=O)C(=O)N(CCCn2ccnc2)[C@H]1c1cccc(Cl)c1. The minimum atomic E-state index is -0.741. The van der Waals surface area contributed by atoms with E-state index >= 15 is 0 Å². The molecular formula is C22H22ClN5O3. The van der Waals surface area contributed by atoms with Gasteiger partial charge in [0.25, 0.3) is 11.7 Å². The lowest BCUT2D eigenvalue weighted by Crippen LogP contribution is -2.31. The molecule has 2 aromatic heterocycles. The second-order valence-corrected chi connectivity index (χ2v) is 7.95. The van der Waals surface area contributed by atoms with Crippen LogP contribution in [0.15, 0.2) is 48.6 Å². The Balaban J connectivity index is 1.77. The van der Waals surface area contributed by atoms with Crippen molar-refractivity contribution in [3.05, 3.63) is 76.1 Å². The zero-order chi connectivity index (χ0) is 22.1. The number of hydrogen-bond donors (Lipinski definition) is 2. The van der Waals surface area contributed by atoms with E-state index in [0.29, 0.717) is 47.0 Å². The average molecular weight is 440 g/mol. The van der Waals surface area contributed by atoms with Gasteiger partial charge in [-0.2, -0.15) is 5.10 Å². The number of ketones is 1. The predicted molar refractivity (Wildman–Crippen MR) is 115 cm³/mol. The first kappa shape index (κ1) is 20.9. The quantitative estimate of drug-likeness (QED) is 0.348. The average Bonchev–Trinajstić information content (AvgIpc) is 3.43.